The molecule has 0 aliphatic carbocycles. The first-order valence-electron chi connectivity index (χ1n) is 9.73. The Hall–Kier alpha value is -3.24. The van der Waals surface area contributed by atoms with Crippen LogP contribution in [0.4, 0.5) is 0 Å². The average molecular weight is 386 g/mol. The van der Waals surface area contributed by atoms with Crippen LogP contribution >= 0.6 is 0 Å². The van der Waals surface area contributed by atoms with Crippen LogP contribution in [0.15, 0.2) is 91.0 Å². The number of Topliss-reactive ketones (excluding diaryl/α,β-unsaturated/α-hetero) is 1. The molecule has 0 aliphatic heterocycles. The first kappa shape index (κ1) is 20.5. The number of hydrogen-bond acceptors (Lipinski definition) is 3. The molecule has 148 valence electrons. The molecule has 0 aromatic heterocycles. The zero-order valence-corrected chi connectivity index (χ0v) is 16.8. The molecule has 29 heavy (non-hydrogen) atoms. The molecule has 3 aromatic carbocycles. The van der Waals surface area contributed by atoms with Crippen molar-refractivity contribution in [3.63, 3.8) is 0 Å². The first-order chi connectivity index (χ1) is 14.1. The molecule has 3 rings (SSSR count). The van der Waals surface area contributed by atoms with Crippen molar-refractivity contribution in [1.82, 2.24) is 10.6 Å². The summed E-state index contributed by atoms with van der Waals surface area (Å²) in [5.74, 6) is -0.261. The van der Waals surface area contributed by atoms with Crippen LogP contribution in [0.3, 0.4) is 0 Å². The van der Waals surface area contributed by atoms with E-state index in [1.54, 1.807) is 7.05 Å². The summed E-state index contributed by atoms with van der Waals surface area (Å²) >= 11 is 0. The van der Waals surface area contributed by atoms with E-state index in [-0.39, 0.29) is 18.1 Å². The Morgan fingerprint density at radius 3 is 1.45 bits per heavy atom. The van der Waals surface area contributed by atoms with Crippen LogP contribution in [0, 0.1) is 0 Å². The lowest BCUT2D eigenvalue weighted by atomic mass is 9.77. The van der Waals surface area contributed by atoms with Gasteiger partial charge < -0.3 is 10.6 Å². The maximum atomic E-state index is 13.1. The van der Waals surface area contributed by atoms with Crippen molar-refractivity contribution in [2.24, 2.45) is 0 Å². The topological polar surface area (TPSA) is 58.2 Å². The molecule has 0 saturated heterocycles. The van der Waals surface area contributed by atoms with Crippen molar-refractivity contribution in [1.29, 1.82) is 0 Å². The molecule has 0 saturated carbocycles. The second kappa shape index (κ2) is 9.30. The van der Waals surface area contributed by atoms with Crippen LogP contribution in [0.5, 0.6) is 0 Å². The molecule has 0 spiro atoms. The highest BCUT2D eigenvalue weighted by atomic mass is 16.2. The summed E-state index contributed by atoms with van der Waals surface area (Å²) in [5.41, 5.74) is 1.99. The number of nitrogens with one attached hydrogen (secondary N) is 2. The Bertz CT molecular complexity index is 844. The van der Waals surface area contributed by atoms with Gasteiger partial charge in [0.15, 0.2) is 0 Å². The number of amides is 1. The number of hydrogen-bond donors (Lipinski definition) is 2. The van der Waals surface area contributed by atoms with Crippen molar-refractivity contribution in [3.05, 3.63) is 108 Å². The highest BCUT2D eigenvalue weighted by molar-refractivity contribution is 5.89. The van der Waals surface area contributed by atoms with Crippen LogP contribution in [0.1, 0.15) is 30.0 Å². The van der Waals surface area contributed by atoms with Crippen LogP contribution < -0.4 is 10.6 Å². The molecule has 0 aliphatic rings. The molecular formula is C25H26N2O2. The van der Waals surface area contributed by atoms with E-state index < -0.39 is 11.6 Å². The van der Waals surface area contributed by atoms with Crippen molar-refractivity contribution >= 4 is 11.7 Å². The van der Waals surface area contributed by atoms with E-state index >= 15 is 0 Å². The summed E-state index contributed by atoms with van der Waals surface area (Å²) in [5, 5.41) is 6.20. The van der Waals surface area contributed by atoms with E-state index in [0.717, 1.165) is 16.7 Å². The van der Waals surface area contributed by atoms with E-state index in [4.69, 9.17) is 0 Å². The third-order valence-electron chi connectivity index (χ3n) is 5.18. The minimum absolute atomic E-state index is 0.0626. The maximum Gasteiger partial charge on any atom is 0.223 e. The lowest BCUT2D eigenvalue weighted by Crippen LogP contribution is -2.50. The lowest BCUT2D eigenvalue weighted by molar-refractivity contribution is -0.127. The van der Waals surface area contributed by atoms with E-state index in [1.807, 2.05) is 91.0 Å². The molecule has 3 aromatic rings. The van der Waals surface area contributed by atoms with Gasteiger partial charge in [0, 0.05) is 6.42 Å². The Kier molecular flexibility index (Phi) is 6.57. The predicted molar refractivity (Wildman–Crippen MR) is 115 cm³/mol. The molecule has 1 atom stereocenters. The molecule has 2 N–H and O–H groups in total. The maximum absolute atomic E-state index is 13.1. The van der Waals surface area contributed by atoms with Crippen LogP contribution in [-0.4, -0.2) is 24.8 Å². The molecule has 0 heterocycles. The highest BCUT2D eigenvalue weighted by Gasteiger charge is 2.38. The summed E-state index contributed by atoms with van der Waals surface area (Å²) in [6.07, 6.45) is 0.0695. The second-order valence-corrected chi connectivity index (χ2v) is 7.05. The van der Waals surface area contributed by atoms with E-state index in [9.17, 15) is 9.59 Å². The molecule has 0 bridgehead atoms. The van der Waals surface area contributed by atoms with Crippen LogP contribution in [0.25, 0.3) is 0 Å². The minimum atomic E-state index is -0.865. The van der Waals surface area contributed by atoms with Gasteiger partial charge in [-0.05, 0) is 30.7 Å². The van der Waals surface area contributed by atoms with E-state index in [1.165, 1.54) is 6.92 Å². The van der Waals surface area contributed by atoms with Crippen LogP contribution in [-0.2, 0) is 15.1 Å². The normalized spacial score (nSPS) is 12.2. The monoisotopic (exact) mass is 386 g/mol. The molecule has 1 amide bonds. The van der Waals surface area contributed by atoms with Gasteiger partial charge in [0.25, 0.3) is 0 Å². The Morgan fingerprint density at radius 1 is 0.759 bits per heavy atom. The molecule has 1 unspecified atom stereocenters. The fourth-order valence-electron chi connectivity index (χ4n) is 3.68. The van der Waals surface area contributed by atoms with Crippen LogP contribution in [0.2, 0.25) is 0 Å². The number of rotatable bonds is 8. The summed E-state index contributed by atoms with van der Waals surface area (Å²) in [7, 11) is 1.69. The van der Waals surface area contributed by atoms with Gasteiger partial charge in [0.05, 0.1) is 6.04 Å². The zero-order valence-electron chi connectivity index (χ0n) is 16.8. The van der Waals surface area contributed by atoms with Gasteiger partial charge in [0.2, 0.25) is 5.91 Å². The minimum Gasteiger partial charge on any atom is -0.338 e. The van der Waals surface area contributed by atoms with Crippen molar-refractivity contribution in [2.75, 3.05) is 7.05 Å². The average Bonchev–Trinajstić information content (AvgIpc) is 2.77. The Labute approximate surface area is 172 Å². The number of likely N-dealkylation sites (N-methyl/N-ethyl adjacent to an activating group) is 1. The first-order valence-corrected chi connectivity index (χ1v) is 9.73. The Morgan fingerprint density at radius 2 is 1.14 bits per heavy atom. The fourth-order valence-corrected chi connectivity index (χ4v) is 3.68. The molecule has 4 nitrogen and oxygen atoms in total. The van der Waals surface area contributed by atoms with Crippen molar-refractivity contribution in [2.45, 2.75) is 24.9 Å². The smallest absolute Gasteiger partial charge is 0.223 e. The molecule has 0 radical (unpaired) electrons. The Balaban J connectivity index is 2.15. The summed E-state index contributed by atoms with van der Waals surface area (Å²) < 4.78 is 0. The van der Waals surface area contributed by atoms with Gasteiger partial charge >= 0.3 is 0 Å². The summed E-state index contributed by atoms with van der Waals surface area (Å²) in [4.78, 5) is 25.0. The second-order valence-electron chi connectivity index (χ2n) is 7.05. The standard InChI is InChI=1S/C25H26N2O2/c1-19(28)23(26-2)18-24(29)27-25(20-12-6-3-7-13-20,21-14-8-4-9-15-21)22-16-10-5-11-17-22/h3-17,23,26H,18H2,1-2H3,(H,27,29). The van der Waals surface area contributed by atoms with Gasteiger partial charge in [-0.15, -0.1) is 0 Å². The molecular weight excluding hydrogens is 360 g/mol. The number of benzene rings is 3. The SMILES string of the molecule is CNC(CC(=O)NC(c1ccccc1)(c1ccccc1)c1ccccc1)C(C)=O. The lowest BCUT2D eigenvalue weighted by Gasteiger charge is -2.37. The highest BCUT2D eigenvalue weighted by Crippen LogP contribution is 2.36. The van der Waals surface area contributed by atoms with Gasteiger partial charge in [0.1, 0.15) is 11.3 Å². The van der Waals surface area contributed by atoms with Gasteiger partial charge in [-0.3, -0.25) is 9.59 Å². The third kappa shape index (κ3) is 4.44. The predicted octanol–water partition coefficient (Wildman–Crippen LogP) is 3.66. The van der Waals surface area contributed by atoms with Crippen molar-refractivity contribution < 1.29 is 9.59 Å². The number of carbonyl (C=O) groups excluding carboxylic acids is 2. The number of ketones is 1. The summed E-state index contributed by atoms with van der Waals surface area (Å²) in [6, 6.07) is 29.2. The fraction of sp³-hybridized carbons (Fsp3) is 0.200. The number of carbonyl (C=O) groups is 2. The van der Waals surface area contributed by atoms with E-state index in [2.05, 4.69) is 10.6 Å². The summed E-state index contributed by atoms with van der Waals surface area (Å²) in [6.45, 7) is 1.49. The van der Waals surface area contributed by atoms with Crippen molar-refractivity contribution in [3.8, 4) is 0 Å². The quantitative estimate of drug-likeness (QED) is 0.581. The van der Waals surface area contributed by atoms with Gasteiger partial charge in [-0.25, -0.2) is 0 Å². The largest absolute Gasteiger partial charge is 0.338 e. The van der Waals surface area contributed by atoms with E-state index in [0.29, 0.717) is 0 Å². The molecule has 0 fully saturated rings. The zero-order chi connectivity index (χ0) is 20.7. The third-order valence-corrected chi connectivity index (χ3v) is 5.18. The molecule has 4 heteroatoms. The van der Waals surface area contributed by atoms with Gasteiger partial charge in [-0.2, -0.15) is 0 Å². The van der Waals surface area contributed by atoms with Gasteiger partial charge in [-0.1, -0.05) is 91.0 Å².